The zero-order chi connectivity index (χ0) is 18.8. The first kappa shape index (κ1) is 19.0. The van der Waals surface area contributed by atoms with Crippen LogP contribution in [-0.4, -0.2) is 35.5 Å². The number of nitrogens with one attached hydrogen (secondary N) is 3. The molecule has 0 aliphatic heterocycles. The molecular weight excluding hydrogens is 348 g/mol. The third kappa shape index (κ3) is 4.51. The van der Waals surface area contributed by atoms with Gasteiger partial charge in [-0.15, -0.1) is 11.3 Å². The van der Waals surface area contributed by atoms with Crippen LogP contribution in [0.5, 0.6) is 0 Å². The zero-order valence-electron chi connectivity index (χ0n) is 16.1. The maximum absolute atomic E-state index is 12.7. The summed E-state index contributed by atoms with van der Waals surface area (Å²) < 4.78 is 0. The molecule has 1 aliphatic rings. The van der Waals surface area contributed by atoms with Gasteiger partial charge in [-0.25, -0.2) is 4.98 Å². The van der Waals surface area contributed by atoms with Gasteiger partial charge in [0.15, 0.2) is 12.4 Å². The van der Waals surface area contributed by atoms with Crippen molar-refractivity contribution >= 4 is 27.5 Å². The lowest BCUT2D eigenvalue weighted by Gasteiger charge is -2.13. The molecule has 1 saturated carbocycles. The van der Waals surface area contributed by atoms with Crippen molar-refractivity contribution in [1.29, 1.82) is 0 Å². The molecule has 2 aromatic heterocycles. The van der Waals surface area contributed by atoms with Crippen LogP contribution < -0.4 is 15.8 Å². The second kappa shape index (κ2) is 7.88. The predicted octanol–water partition coefficient (Wildman–Crippen LogP) is 1.17. The molecule has 0 aromatic carbocycles. The number of carbonyl (C=O) groups is 1. The monoisotopic (exact) mass is 377 g/mol. The summed E-state index contributed by atoms with van der Waals surface area (Å²) in [7, 11) is 1.95. The number of fused-ring (bicyclic) bond motifs is 1. The molecule has 2 heterocycles. The average Bonchev–Trinajstić information content (AvgIpc) is 3.30. The minimum Gasteiger partial charge on any atom is -0.348 e. The number of aromatic amines is 1. The van der Waals surface area contributed by atoms with Crippen LogP contribution in [0.1, 0.15) is 49.4 Å². The minimum absolute atomic E-state index is 0.0529. The summed E-state index contributed by atoms with van der Waals surface area (Å²) >= 11 is 1.60. The van der Waals surface area contributed by atoms with E-state index in [1.807, 2.05) is 7.05 Å². The molecule has 26 heavy (non-hydrogen) atoms. The maximum Gasteiger partial charge on any atom is 0.275 e. The summed E-state index contributed by atoms with van der Waals surface area (Å²) in [6, 6.07) is 0.377. The normalized spacial score (nSPS) is 16.6. The van der Waals surface area contributed by atoms with Crippen LogP contribution in [0.4, 0.5) is 0 Å². The molecule has 0 bridgehead atoms. The first-order chi connectivity index (χ1) is 12.4. The van der Waals surface area contributed by atoms with E-state index in [0.717, 1.165) is 46.4 Å². The second-order valence-electron chi connectivity index (χ2n) is 7.70. The van der Waals surface area contributed by atoms with Crippen LogP contribution in [0.2, 0.25) is 0 Å². The molecule has 0 saturated heterocycles. The van der Waals surface area contributed by atoms with Crippen molar-refractivity contribution < 1.29 is 9.69 Å². The number of hydrogen-bond acceptors (Lipinski definition) is 4. The second-order valence-corrected chi connectivity index (χ2v) is 8.90. The molecular formula is C19H29N4O2S+. The summed E-state index contributed by atoms with van der Waals surface area (Å²) in [6.07, 6.45) is 4.19. The lowest BCUT2D eigenvalue weighted by atomic mass is 9.98. The summed E-state index contributed by atoms with van der Waals surface area (Å²) in [5.41, 5.74) is 1.09. The number of quaternary nitrogens is 1. The van der Waals surface area contributed by atoms with Crippen LogP contribution in [0.3, 0.4) is 0 Å². The third-order valence-corrected chi connectivity index (χ3v) is 6.08. The van der Waals surface area contributed by atoms with Crippen molar-refractivity contribution in [2.75, 3.05) is 13.6 Å². The number of carbonyl (C=O) groups excluding carboxylic acids is 1. The third-order valence-electron chi connectivity index (χ3n) is 5.04. The fourth-order valence-corrected chi connectivity index (χ4v) is 4.24. The van der Waals surface area contributed by atoms with Crippen LogP contribution in [-0.2, 0) is 17.8 Å². The Kier molecular flexibility index (Phi) is 5.77. The summed E-state index contributed by atoms with van der Waals surface area (Å²) in [5, 5.41) is 3.75. The van der Waals surface area contributed by atoms with Crippen molar-refractivity contribution in [3.63, 3.8) is 0 Å². The van der Waals surface area contributed by atoms with Crippen molar-refractivity contribution in [2.24, 2.45) is 5.92 Å². The Labute approximate surface area is 158 Å². The summed E-state index contributed by atoms with van der Waals surface area (Å²) in [6.45, 7) is 7.38. The molecule has 3 N–H and O–H groups in total. The van der Waals surface area contributed by atoms with E-state index in [0.29, 0.717) is 30.9 Å². The Balaban J connectivity index is 1.75. The quantitative estimate of drug-likeness (QED) is 0.646. The van der Waals surface area contributed by atoms with Gasteiger partial charge in [0.25, 0.3) is 11.5 Å². The first-order valence-electron chi connectivity index (χ1n) is 9.49. The van der Waals surface area contributed by atoms with Gasteiger partial charge in [0.05, 0.1) is 12.4 Å². The van der Waals surface area contributed by atoms with Crippen molar-refractivity contribution in [3.8, 4) is 0 Å². The molecule has 1 amide bonds. The van der Waals surface area contributed by atoms with Gasteiger partial charge in [-0.3, -0.25) is 9.59 Å². The first-order valence-corrected chi connectivity index (χ1v) is 10.3. The Morgan fingerprint density at radius 3 is 2.85 bits per heavy atom. The van der Waals surface area contributed by atoms with Crippen molar-refractivity contribution in [2.45, 2.75) is 59.0 Å². The van der Waals surface area contributed by atoms with Gasteiger partial charge in [-0.05, 0) is 37.7 Å². The van der Waals surface area contributed by atoms with E-state index >= 15 is 0 Å². The number of likely N-dealkylation sites (N-methyl/N-ethyl adjacent to an activating group) is 1. The van der Waals surface area contributed by atoms with E-state index in [9.17, 15) is 9.59 Å². The van der Waals surface area contributed by atoms with Gasteiger partial charge in [0, 0.05) is 10.9 Å². The van der Waals surface area contributed by atoms with Gasteiger partial charge < -0.3 is 15.2 Å². The molecule has 142 valence electrons. The zero-order valence-corrected chi connectivity index (χ0v) is 16.9. The van der Waals surface area contributed by atoms with E-state index in [1.165, 1.54) is 4.88 Å². The molecule has 3 rings (SSSR count). The number of rotatable bonds is 8. The Morgan fingerprint density at radius 2 is 2.19 bits per heavy atom. The number of aryl methyl sites for hydroxylation is 1. The number of H-pyrrole nitrogens is 1. The molecule has 1 fully saturated rings. The Bertz CT molecular complexity index is 853. The number of nitrogens with zero attached hydrogens (tertiary/aromatic N) is 1. The molecule has 0 radical (unpaired) electrons. The highest BCUT2D eigenvalue weighted by Crippen LogP contribution is 2.29. The van der Waals surface area contributed by atoms with Crippen LogP contribution in [0.15, 0.2) is 4.79 Å². The van der Waals surface area contributed by atoms with E-state index < -0.39 is 0 Å². The van der Waals surface area contributed by atoms with Gasteiger partial charge in [0.2, 0.25) is 0 Å². The number of amides is 1. The van der Waals surface area contributed by atoms with E-state index in [-0.39, 0.29) is 11.5 Å². The number of aromatic nitrogens is 2. The van der Waals surface area contributed by atoms with Crippen LogP contribution in [0.25, 0.3) is 10.2 Å². The minimum atomic E-state index is -0.0529. The molecule has 1 aliphatic carbocycles. The van der Waals surface area contributed by atoms with Gasteiger partial charge >= 0.3 is 0 Å². The molecule has 0 spiro atoms. The highest BCUT2D eigenvalue weighted by Gasteiger charge is 2.25. The van der Waals surface area contributed by atoms with Crippen LogP contribution in [0, 0.1) is 12.8 Å². The van der Waals surface area contributed by atoms with Crippen molar-refractivity contribution in [1.82, 2.24) is 15.3 Å². The fourth-order valence-electron chi connectivity index (χ4n) is 3.17. The topological polar surface area (TPSA) is 79.3 Å². The molecule has 2 aromatic rings. The van der Waals surface area contributed by atoms with Gasteiger partial charge in [-0.2, -0.15) is 0 Å². The van der Waals surface area contributed by atoms with Crippen molar-refractivity contribution in [3.05, 3.63) is 26.6 Å². The Morgan fingerprint density at radius 1 is 1.46 bits per heavy atom. The summed E-state index contributed by atoms with van der Waals surface area (Å²) in [4.78, 5) is 35.2. The standard InChI is InChI=1S/C19H28N4O2S/c1-5-11(2)8-14-12(3)26-19-17(14)18(25)21-15(22-19)9-23(4)10-16(24)20-13-6-7-13/h11,13H,5-10H2,1-4H3,(H,20,24)(H,21,22,25)/p+1/t11-/m1/s1. The predicted molar refractivity (Wildman–Crippen MR) is 105 cm³/mol. The highest BCUT2D eigenvalue weighted by molar-refractivity contribution is 7.18. The highest BCUT2D eigenvalue weighted by atomic mass is 32.1. The summed E-state index contributed by atoms with van der Waals surface area (Å²) in [5.74, 6) is 1.26. The SMILES string of the molecule is CC[C@@H](C)Cc1c(C)sc2nc(C[NH+](C)CC(=O)NC3CC3)[nH]c(=O)c12. The lowest BCUT2D eigenvalue weighted by molar-refractivity contribution is -0.886. The van der Waals surface area contributed by atoms with E-state index in [4.69, 9.17) is 0 Å². The molecule has 2 atom stereocenters. The fraction of sp³-hybridized carbons (Fsp3) is 0.632. The largest absolute Gasteiger partial charge is 0.348 e. The average molecular weight is 378 g/mol. The van der Waals surface area contributed by atoms with Crippen LogP contribution >= 0.6 is 11.3 Å². The maximum atomic E-state index is 12.7. The lowest BCUT2D eigenvalue weighted by Crippen LogP contribution is -3.09. The molecule has 1 unspecified atom stereocenters. The number of thiophene rings is 1. The van der Waals surface area contributed by atoms with E-state index in [1.54, 1.807) is 11.3 Å². The smallest absolute Gasteiger partial charge is 0.275 e. The molecule has 7 heteroatoms. The van der Waals surface area contributed by atoms with Gasteiger partial charge in [0.1, 0.15) is 11.4 Å². The Hall–Kier alpha value is -1.73. The van der Waals surface area contributed by atoms with Gasteiger partial charge in [-0.1, -0.05) is 20.3 Å². The molecule has 6 nitrogen and oxygen atoms in total. The van der Waals surface area contributed by atoms with E-state index in [2.05, 4.69) is 36.1 Å². The number of hydrogen-bond donors (Lipinski definition) is 3.